The summed E-state index contributed by atoms with van der Waals surface area (Å²) >= 11 is 6.02. The molecule has 3 atom stereocenters. The Morgan fingerprint density at radius 2 is 2.27 bits per heavy atom. The molecule has 1 saturated heterocycles. The lowest BCUT2D eigenvalue weighted by Crippen LogP contribution is -2.48. The second-order valence-corrected chi connectivity index (χ2v) is 6.91. The van der Waals surface area contributed by atoms with Gasteiger partial charge in [0, 0.05) is 24.0 Å². The molecule has 2 N–H and O–H groups in total. The minimum Gasteiger partial charge on any atom is -0.393 e. The molecule has 1 aromatic carbocycles. The number of hydrogen-bond donors (Lipinski definition) is 2. The highest BCUT2D eigenvalue weighted by Crippen LogP contribution is 2.33. The highest BCUT2D eigenvalue weighted by molar-refractivity contribution is 6.30. The van der Waals surface area contributed by atoms with Crippen LogP contribution in [-0.4, -0.2) is 35.2 Å². The topological polar surface area (TPSA) is 52.6 Å². The zero-order valence-electron chi connectivity index (χ0n) is 12.9. The molecule has 1 aliphatic heterocycles. The molecule has 0 aromatic heterocycles. The van der Waals surface area contributed by atoms with Crippen LogP contribution in [0.5, 0.6) is 0 Å². The van der Waals surface area contributed by atoms with Crippen LogP contribution in [0.2, 0.25) is 5.02 Å². The van der Waals surface area contributed by atoms with Gasteiger partial charge in [-0.1, -0.05) is 17.7 Å². The molecule has 1 heterocycles. The van der Waals surface area contributed by atoms with Crippen molar-refractivity contribution in [3.8, 4) is 0 Å². The summed E-state index contributed by atoms with van der Waals surface area (Å²) in [5.74, 6) is 0.189. The predicted octanol–water partition coefficient (Wildman–Crippen LogP) is 3.13. The Labute approximate surface area is 136 Å². The lowest BCUT2D eigenvalue weighted by Gasteiger charge is -2.34. The third-order valence-corrected chi connectivity index (χ3v) is 5.14. The van der Waals surface area contributed by atoms with Crippen LogP contribution in [-0.2, 0) is 6.42 Å². The van der Waals surface area contributed by atoms with E-state index < -0.39 is 0 Å². The summed E-state index contributed by atoms with van der Waals surface area (Å²) in [7, 11) is 0. The van der Waals surface area contributed by atoms with Crippen LogP contribution in [0.25, 0.3) is 0 Å². The van der Waals surface area contributed by atoms with Gasteiger partial charge in [0.25, 0.3) is 0 Å². The van der Waals surface area contributed by atoms with Gasteiger partial charge in [-0.25, -0.2) is 4.79 Å². The zero-order valence-corrected chi connectivity index (χ0v) is 13.6. The van der Waals surface area contributed by atoms with Gasteiger partial charge in [0.2, 0.25) is 0 Å². The maximum Gasteiger partial charge on any atom is 0.317 e. The Bertz CT molecular complexity index is 562. The average molecular weight is 323 g/mol. The molecule has 1 fully saturated rings. The van der Waals surface area contributed by atoms with E-state index in [0.29, 0.717) is 6.54 Å². The molecule has 0 radical (unpaired) electrons. The first-order valence-electron chi connectivity index (χ1n) is 8.06. The van der Waals surface area contributed by atoms with Gasteiger partial charge in [-0.15, -0.1) is 0 Å². The number of carbonyl (C=O) groups excluding carboxylic acids is 1. The number of benzene rings is 1. The quantitative estimate of drug-likeness (QED) is 0.879. The van der Waals surface area contributed by atoms with Gasteiger partial charge in [-0.05, 0) is 55.9 Å². The van der Waals surface area contributed by atoms with E-state index in [4.69, 9.17) is 11.6 Å². The second kappa shape index (κ2) is 6.47. The SMILES string of the molecule is CC(O)C1CCCN(C(=O)NC2CCc3cc(Cl)ccc32)C1. The summed E-state index contributed by atoms with van der Waals surface area (Å²) < 4.78 is 0. The number of likely N-dealkylation sites (tertiary alicyclic amines) is 1. The van der Waals surface area contributed by atoms with Crippen molar-refractivity contribution in [1.29, 1.82) is 0 Å². The minimum absolute atomic E-state index is 0.0156. The van der Waals surface area contributed by atoms with Crippen molar-refractivity contribution >= 4 is 17.6 Å². The Hall–Kier alpha value is -1.26. The molecule has 3 unspecified atom stereocenters. The first-order valence-corrected chi connectivity index (χ1v) is 8.44. The fourth-order valence-corrected chi connectivity index (χ4v) is 3.76. The molecule has 0 bridgehead atoms. The number of hydrogen-bond acceptors (Lipinski definition) is 2. The maximum absolute atomic E-state index is 12.5. The van der Waals surface area contributed by atoms with Gasteiger partial charge in [0.15, 0.2) is 0 Å². The standard InChI is InChI=1S/C17H23ClN2O2/c1-11(21)13-3-2-8-20(10-13)17(22)19-16-7-4-12-9-14(18)5-6-15(12)16/h5-6,9,11,13,16,21H,2-4,7-8,10H2,1H3,(H,19,22). The number of aliphatic hydroxyl groups is 1. The molecular weight excluding hydrogens is 300 g/mol. The largest absolute Gasteiger partial charge is 0.393 e. The number of aliphatic hydroxyl groups excluding tert-OH is 1. The molecule has 4 nitrogen and oxygen atoms in total. The summed E-state index contributed by atoms with van der Waals surface area (Å²) in [5.41, 5.74) is 2.42. The highest BCUT2D eigenvalue weighted by atomic mass is 35.5. The van der Waals surface area contributed by atoms with E-state index in [1.807, 2.05) is 30.0 Å². The van der Waals surface area contributed by atoms with E-state index in [9.17, 15) is 9.90 Å². The molecular formula is C17H23ClN2O2. The molecule has 1 aliphatic carbocycles. The maximum atomic E-state index is 12.5. The smallest absolute Gasteiger partial charge is 0.317 e. The number of nitrogens with one attached hydrogen (secondary N) is 1. The second-order valence-electron chi connectivity index (χ2n) is 6.47. The summed E-state index contributed by atoms with van der Waals surface area (Å²) in [6.07, 6.45) is 3.48. The number of urea groups is 1. The van der Waals surface area contributed by atoms with E-state index in [2.05, 4.69) is 5.32 Å². The Balaban J connectivity index is 1.63. The Morgan fingerprint density at radius 3 is 3.05 bits per heavy atom. The van der Waals surface area contributed by atoms with Crippen LogP contribution in [0, 0.1) is 5.92 Å². The zero-order chi connectivity index (χ0) is 15.7. The number of rotatable bonds is 2. The van der Waals surface area contributed by atoms with Gasteiger partial charge in [0.1, 0.15) is 0 Å². The summed E-state index contributed by atoms with van der Waals surface area (Å²) in [6, 6.07) is 5.96. The van der Waals surface area contributed by atoms with Crippen LogP contribution in [0.3, 0.4) is 0 Å². The summed E-state index contributed by atoms with van der Waals surface area (Å²) in [4.78, 5) is 14.3. The number of piperidine rings is 1. The third-order valence-electron chi connectivity index (χ3n) is 4.91. The first-order chi connectivity index (χ1) is 10.5. The van der Waals surface area contributed by atoms with Gasteiger partial charge in [-0.3, -0.25) is 0 Å². The Kier molecular flexibility index (Phi) is 4.59. The fraction of sp³-hybridized carbons (Fsp3) is 0.588. The molecule has 3 rings (SSSR count). The van der Waals surface area contributed by atoms with E-state index in [1.165, 1.54) is 11.1 Å². The minimum atomic E-state index is -0.357. The van der Waals surface area contributed by atoms with Crippen molar-refractivity contribution in [2.75, 3.05) is 13.1 Å². The van der Waals surface area contributed by atoms with E-state index >= 15 is 0 Å². The van der Waals surface area contributed by atoms with Crippen molar-refractivity contribution in [3.05, 3.63) is 34.3 Å². The van der Waals surface area contributed by atoms with Crippen molar-refractivity contribution in [2.24, 2.45) is 5.92 Å². The predicted molar refractivity (Wildman–Crippen MR) is 87.0 cm³/mol. The number of nitrogens with zero attached hydrogens (tertiary/aromatic N) is 1. The van der Waals surface area contributed by atoms with Crippen molar-refractivity contribution < 1.29 is 9.90 Å². The molecule has 2 amide bonds. The summed E-state index contributed by atoms with van der Waals surface area (Å²) in [6.45, 7) is 3.22. The van der Waals surface area contributed by atoms with Crippen LogP contribution in [0.4, 0.5) is 4.79 Å². The van der Waals surface area contributed by atoms with Gasteiger partial charge in [-0.2, -0.15) is 0 Å². The summed E-state index contributed by atoms with van der Waals surface area (Å²) in [5, 5.41) is 13.6. The van der Waals surface area contributed by atoms with Crippen molar-refractivity contribution in [1.82, 2.24) is 10.2 Å². The van der Waals surface area contributed by atoms with Crippen LogP contribution in [0.1, 0.15) is 43.4 Å². The normalized spacial score (nSPS) is 25.7. The lowest BCUT2D eigenvalue weighted by molar-refractivity contribution is 0.0733. The van der Waals surface area contributed by atoms with Crippen molar-refractivity contribution in [2.45, 2.75) is 44.8 Å². The fourth-order valence-electron chi connectivity index (χ4n) is 3.56. The van der Waals surface area contributed by atoms with E-state index in [0.717, 1.165) is 37.3 Å². The lowest BCUT2D eigenvalue weighted by atomic mass is 9.94. The van der Waals surface area contributed by atoms with Crippen molar-refractivity contribution in [3.63, 3.8) is 0 Å². The van der Waals surface area contributed by atoms with Crippen LogP contribution < -0.4 is 5.32 Å². The first kappa shape index (κ1) is 15.6. The molecule has 0 spiro atoms. The van der Waals surface area contributed by atoms with Gasteiger partial charge < -0.3 is 15.3 Å². The van der Waals surface area contributed by atoms with Crippen LogP contribution in [0.15, 0.2) is 18.2 Å². The molecule has 1 aromatic rings. The monoisotopic (exact) mass is 322 g/mol. The molecule has 2 aliphatic rings. The van der Waals surface area contributed by atoms with Crippen LogP contribution >= 0.6 is 11.6 Å². The number of fused-ring (bicyclic) bond motifs is 1. The highest BCUT2D eigenvalue weighted by Gasteiger charge is 2.29. The Morgan fingerprint density at radius 1 is 1.45 bits per heavy atom. The molecule has 120 valence electrons. The number of aryl methyl sites for hydroxylation is 1. The van der Waals surface area contributed by atoms with E-state index in [1.54, 1.807) is 0 Å². The van der Waals surface area contributed by atoms with Gasteiger partial charge >= 0.3 is 6.03 Å². The molecule has 22 heavy (non-hydrogen) atoms. The average Bonchev–Trinajstić information content (AvgIpc) is 2.89. The number of carbonyl (C=O) groups is 1. The number of halogens is 1. The third kappa shape index (κ3) is 3.23. The van der Waals surface area contributed by atoms with E-state index in [-0.39, 0.29) is 24.1 Å². The molecule has 5 heteroatoms. The number of amides is 2. The van der Waals surface area contributed by atoms with Gasteiger partial charge in [0.05, 0.1) is 12.1 Å². The molecule has 0 saturated carbocycles.